The van der Waals surface area contributed by atoms with Crippen molar-refractivity contribution in [3.8, 4) is 0 Å². The molecule has 0 atom stereocenters. The van der Waals surface area contributed by atoms with Gasteiger partial charge >= 0.3 is 0 Å². The van der Waals surface area contributed by atoms with E-state index in [0.29, 0.717) is 0 Å². The van der Waals surface area contributed by atoms with E-state index in [0.717, 1.165) is 12.0 Å². The monoisotopic (exact) mass is 182 g/mol. The molecule has 0 aromatic carbocycles. The van der Waals surface area contributed by atoms with Gasteiger partial charge in [0.05, 0.1) is 6.61 Å². The molecule has 0 radical (unpaired) electrons. The van der Waals surface area contributed by atoms with E-state index in [4.69, 9.17) is 5.11 Å². The van der Waals surface area contributed by atoms with E-state index >= 15 is 0 Å². The summed E-state index contributed by atoms with van der Waals surface area (Å²) in [5, 5.41) is 8.69. The third-order valence-electron chi connectivity index (χ3n) is 2.04. The molecule has 0 fully saturated rings. The van der Waals surface area contributed by atoms with Gasteiger partial charge in [0.25, 0.3) is 0 Å². The maximum Gasteiger partial charge on any atom is 0.0712 e. The minimum Gasteiger partial charge on any atom is -0.391 e. The fraction of sp³-hybridized carbons (Fsp3) is 0.750. The Balaban J connectivity index is 3.30. The summed E-state index contributed by atoms with van der Waals surface area (Å²) in [5.74, 6) is 0. The molecular weight excluding hydrogens is 160 g/mol. The Hall–Kier alpha value is -0.520. The second-order valence-electron chi connectivity index (χ2n) is 3.49. The molecule has 0 saturated heterocycles. The molecule has 13 heavy (non-hydrogen) atoms. The normalized spacial score (nSPS) is 9.46. The third-order valence-corrected chi connectivity index (χ3v) is 2.04. The quantitative estimate of drug-likeness (QED) is 0.472. The first-order valence-electron chi connectivity index (χ1n) is 5.32. The zero-order valence-corrected chi connectivity index (χ0v) is 8.97. The maximum absolute atomic E-state index is 8.69. The first kappa shape index (κ1) is 12.5. The van der Waals surface area contributed by atoms with E-state index in [9.17, 15) is 0 Å². The topological polar surface area (TPSA) is 20.2 Å². The lowest BCUT2D eigenvalue weighted by Gasteiger charge is -1.95. The number of aliphatic hydroxyl groups is 1. The summed E-state index contributed by atoms with van der Waals surface area (Å²) in [6, 6.07) is 0. The predicted octanol–water partition coefficient (Wildman–Crippen LogP) is 3.44. The van der Waals surface area contributed by atoms with Crippen molar-refractivity contribution in [1.29, 1.82) is 0 Å². The predicted molar refractivity (Wildman–Crippen MR) is 57.7 cm³/mol. The molecule has 0 aromatic heterocycles. The molecule has 1 N–H and O–H groups in total. The van der Waals surface area contributed by atoms with Crippen LogP contribution >= 0.6 is 0 Å². The molecule has 76 valence electrons. The summed E-state index contributed by atoms with van der Waals surface area (Å²) in [6.07, 6.45) is 9.73. The van der Waals surface area contributed by atoms with E-state index in [1.165, 1.54) is 32.1 Å². The SMILES string of the molecule is CCCCCCCC=C=C(C)CO. The van der Waals surface area contributed by atoms with Gasteiger partial charge in [-0.05, 0) is 31.4 Å². The molecule has 1 heteroatoms. The molecule has 0 aliphatic carbocycles. The highest BCUT2D eigenvalue weighted by molar-refractivity contribution is 4.97. The Labute approximate surface area is 82.2 Å². The first-order chi connectivity index (χ1) is 6.31. The van der Waals surface area contributed by atoms with Gasteiger partial charge in [-0.15, -0.1) is 5.73 Å². The zero-order valence-electron chi connectivity index (χ0n) is 8.97. The molecule has 0 bridgehead atoms. The van der Waals surface area contributed by atoms with E-state index in [1.54, 1.807) is 0 Å². The summed E-state index contributed by atoms with van der Waals surface area (Å²) < 4.78 is 0. The van der Waals surface area contributed by atoms with Gasteiger partial charge in [0, 0.05) is 0 Å². The summed E-state index contributed by atoms with van der Waals surface area (Å²) in [5.41, 5.74) is 3.99. The third kappa shape index (κ3) is 9.39. The lowest BCUT2D eigenvalue weighted by molar-refractivity contribution is 0.331. The standard InChI is InChI=1S/C12H22O/c1-3-4-5-6-7-8-9-10-12(2)11-13/h9,13H,3-8,11H2,1-2H3. The lowest BCUT2D eigenvalue weighted by Crippen LogP contribution is -1.80. The van der Waals surface area contributed by atoms with Crippen molar-refractivity contribution in [2.24, 2.45) is 0 Å². The minimum absolute atomic E-state index is 0.131. The van der Waals surface area contributed by atoms with Crippen LogP contribution in [0.15, 0.2) is 17.4 Å². The molecule has 0 amide bonds. The van der Waals surface area contributed by atoms with Crippen LogP contribution in [0.3, 0.4) is 0 Å². The molecule has 0 spiro atoms. The Bertz CT molecular complexity index is 164. The molecule has 0 aliphatic rings. The van der Waals surface area contributed by atoms with Gasteiger partial charge in [0.2, 0.25) is 0 Å². The van der Waals surface area contributed by atoms with Crippen LogP contribution < -0.4 is 0 Å². The summed E-state index contributed by atoms with van der Waals surface area (Å²) in [4.78, 5) is 0. The number of rotatable bonds is 7. The Kier molecular flexibility index (Phi) is 9.18. The van der Waals surface area contributed by atoms with Crippen molar-refractivity contribution in [2.45, 2.75) is 52.4 Å². The molecule has 1 nitrogen and oxygen atoms in total. The second-order valence-corrected chi connectivity index (χ2v) is 3.49. The van der Waals surface area contributed by atoms with E-state index in [-0.39, 0.29) is 6.61 Å². The highest BCUT2D eigenvalue weighted by Crippen LogP contribution is 2.05. The summed E-state index contributed by atoms with van der Waals surface area (Å²) >= 11 is 0. The number of unbranched alkanes of at least 4 members (excludes halogenated alkanes) is 5. The highest BCUT2D eigenvalue weighted by atomic mass is 16.3. The van der Waals surface area contributed by atoms with Crippen molar-refractivity contribution in [3.05, 3.63) is 17.4 Å². The Morgan fingerprint density at radius 1 is 1.23 bits per heavy atom. The van der Waals surface area contributed by atoms with Crippen LogP contribution in [0.25, 0.3) is 0 Å². The highest BCUT2D eigenvalue weighted by Gasteiger charge is 1.86. The number of hydrogen-bond acceptors (Lipinski definition) is 1. The van der Waals surface area contributed by atoms with Crippen LogP contribution in [0.1, 0.15) is 52.4 Å². The van der Waals surface area contributed by atoms with Crippen molar-refractivity contribution >= 4 is 0 Å². The van der Waals surface area contributed by atoms with Gasteiger partial charge in [-0.25, -0.2) is 0 Å². The van der Waals surface area contributed by atoms with Crippen LogP contribution in [-0.4, -0.2) is 11.7 Å². The first-order valence-corrected chi connectivity index (χ1v) is 5.32. The van der Waals surface area contributed by atoms with Crippen molar-refractivity contribution in [1.82, 2.24) is 0 Å². The average molecular weight is 182 g/mol. The van der Waals surface area contributed by atoms with Crippen LogP contribution in [0.5, 0.6) is 0 Å². The van der Waals surface area contributed by atoms with Gasteiger partial charge in [0.1, 0.15) is 0 Å². The van der Waals surface area contributed by atoms with E-state index in [2.05, 4.69) is 12.7 Å². The van der Waals surface area contributed by atoms with Gasteiger partial charge in [-0.1, -0.05) is 32.6 Å². The van der Waals surface area contributed by atoms with Crippen LogP contribution in [0.4, 0.5) is 0 Å². The molecule has 0 heterocycles. The van der Waals surface area contributed by atoms with Crippen molar-refractivity contribution in [3.63, 3.8) is 0 Å². The lowest BCUT2D eigenvalue weighted by atomic mass is 10.1. The van der Waals surface area contributed by atoms with E-state index in [1.807, 2.05) is 13.0 Å². The Morgan fingerprint density at radius 2 is 1.92 bits per heavy atom. The van der Waals surface area contributed by atoms with Crippen molar-refractivity contribution in [2.75, 3.05) is 6.61 Å². The minimum atomic E-state index is 0.131. The molecule has 0 rings (SSSR count). The van der Waals surface area contributed by atoms with Gasteiger partial charge in [-0.2, -0.15) is 0 Å². The smallest absolute Gasteiger partial charge is 0.0712 e. The van der Waals surface area contributed by atoms with E-state index < -0.39 is 0 Å². The Morgan fingerprint density at radius 3 is 2.54 bits per heavy atom. The molecular formula is C12H22O. The fourth-order valence-electron chi connectivity index (χ4n) is 1.14. The summed E-state index contributed by atoms with van der Waals surface area (Å²) in [6.45, 7) is 4.26. The fourth-order valence-corrected chi connectivity index (χ4v) is 1.14. The molecule has 0 aliphatic heterocycles. The molecule has 0 saturated carbocycles. The van der Waals surface area contributed by atoms with Gasteiger partial charge < -0.3 is 5.11 Å². The van der Waals surface area contributed by atoms with Crippen LogP contribution in [-0.2, 0) is 0 Å². The average Bonchev–Trinajstić information content (AvgIpc) is 2.16. The molecule has 0 unspecified atom stereocenters. The summed E-state index contributed by atoms with van der Waals surface area (Å²) in [7, 11) is 0. The zero-order chi connectivity index (χ0) is 9.94. The largest absolute Gasteiger partial charge is 0.391 e. The second kappa shape index (κ2) is 9.57. The van der Waals surface area contributed by atoms with Crippen LogP contribution in [0, 0.1) is 0 Å². The number of hydrogen-bond donors (Lipinski definition) is 1. The van der Waals surface area contributed by atoms with Crippen LogP contribution in [0.2, 0.25) is 0 Å². The van der Waals surface area contributed by atoms with Gasteiger partial charge in [0.15, 0.2) is 0 Å². The van der Waals surface area contributed by atoms with Crippen molar-refractivity contribution < 1.29 is 5.11 Å². The maximum atomic E-state index is 8.69. The van der Waals surface area contributed by atoms with Gasteiger partial charge in [-0.3, -0.25) is 0 Å². The number of aliphatic hydroxyl groups excluding tert-OH is 1. The molecule has 0 aromatic rings.